The molecule has 1 aromatic carbocycles. The molecular formula is C17H12F3N5O. The lowest BCUT2D eigenvalue weighted by atomic mass is 10.2. The van der Waals surface area contributed by atoms with E-state index in [4.69, 9.17) is 0 Å². The molecule has 0 saturated carbocycles. The molecule has 0 saturated heterocycles. The molecule has 0 fully saturated rings. The van der Waals surface area contributed by atoms with E-state index in [0.29, 0.717) is 11.2 Å². The summed E-state index contributed by atoms with van der Waals surface area (Å²) < 4.78 is 39.3. The summed E-state index contributed by atoms with van der Waals surface area (Å²) in [6.07, 6.45) is -1.79. The van der Waals surface area contributed by atoms with Crippen molar-refractivity contribution in [3.63, 3.8) is 0 Å². The number of H-pyrrole nitrogens is 1. The molecule has 0 atom stereocenters. The lowest BCUT2D eigenvalue weighted by molar-refractivity contribution is -0.137. The summed E-state index contributed by atoms with van der Waals surface area (Å²) in [5, 5.41) is 10.1. The zero-order chi connectivity index (χ0) is 18.3. The minimum atomic E-state index is -4.46. The van der Waals surface area contributed by atoms with E-state index in [2.05, 4.69) is 20.7 Å². The van der Waals surface area contributed by atoms with Gasteiger partial charge in [-0.15, -0.1) is 5.10 Å². The molecule has 132 valence electrons. The lowest BCUT2D eigenvalue weighted by Gasteiger charge is -2.06. The SMILES string of the molecule is O=C(Nc1ccc2[nH]ccc2c1)Nc1cc2ccc(C(F)(F)F)cn2n1. The second-order valence-corrected chi connectivity index (χ2v) is 5.67. The van der Waals surface area contributed by atoms with E-state index in [-0.39, 0.29) is 5.82 Å². The fourth-order valence-corrected chi connectivity index (χ4v) is 2.63. The van der Waals surface area contributed by atoms with Gasteiger partial charge >= 0.3 is 12.2 Å². The summed E-state index contributed by atoms with van der Waals surface area (Å²) in [7, 11) is 0. The average Bonchev–Trinajstić information content (AvgIpc) is 3.18. The minimum Gasteiger partial charge on any atom is -0.361 e. The van der Waals surface area contributed by atoms with E-state index in [1.54, 1.807) is 18.3 Å². The van der Waals surface area contributed by atoms with Crippen molar-refractivity contribution in [1.29, 1.82) is 0 Å². The number of rotatable bonds is 2. The van der Waals surface area contributed by atoms with Gasteiger partial charge in [0, 0.05) is 35.1 Å². The average molecular weight is 359 g/mol. The number of aromatic nitrogens is 3. The predicted molar refractivity (Wildman–Crippen MR) is 91.1 cm³/mol. The van der Waals surface area contributed by atoms with Gasteiger partial charge in [-0.1, -0.05) is 0 Å². The Hall–Kier alpha value is -3.49. The third kappa shape index (κ3) is 3.06. The number of nitrogens with zero attached hydrogens (tertiary/aromatic N) is 2. The molecule has 6 nitrogen and oxygen atoms in total. The highest BCUT2D eigenvalue weighted by molar-refractivity contribution is 6.00. The van der Waals surface area contributed by atoms with Crippen LogP contribution in [-0.2, 0) is 6.18 Å². The number of benzene rings is 1. The summed E-state index contributed by atoms with van der Waals surface area (Å²) in [4.78, 5) is 15.1. The number of hydrogen-bond donors (Lipinski definition) is 3. The van der Waals surface area contributed by atoms with Gasteiger partial charge in [0.15, 0.2) is 5.82 Å². The number of anilines is 2. The lowest BCUT2D eigenvalue weighted by Crippen LogP contribution is -2.19. The maximum Gasteiger partial charge on any atom is 0.417 e. The molecule has 3 N–H and O–H groups in total. The van der Waals surface area contributed by atoms with Gasteiger partial charge in [-0.05, 0) is 36.4 Å². The minimum absolute atomic E-state index is 0.143. The van der Waals surface area contributed by atoms with Crippen molar-refractivity contribution in [3.8, 4) is 0 Å². The van der Waals surface area contributed by atoms with Crippen molar-refractivity contribution in [1.82, 2.24) is 14.6 Å². The predicted octanol–water partition coefficient (Wildman–Crippen LogP) is 4.48. The number of carbonyl (C=O) groups is 1. The summed E-state index contributed by atoms with van der Waals surface area (Å²) >= 11 is 0. The summed E-state index contributed by atoms with van der Waals surface area (Å²) in [6, 6.07) is 10.4. The van der Waals surface area contributed by atoms with Crippen LogP contribution < -0.4 is 10.6 Å². The number of pyridine rings is 1. The Morgan fingerprint density at radius 2 is 1.92 bits per heavy atom. The van der Waals surface area contributed by atoms with Crippen LogP contribution in [0, 0.1) is 0 Å². The molecule has 0 spiro atoms. The number of alkyl halides is 3. The Morgan fingerprint density at radius 1 is 1.08 bits per heavy atom. The number of urea groups is 1. The van der Waals surface area contributed by atoms with Crippen molar-refractivity contribution in [3.05, 3.63) is 60.4 Å². The van der Waals surface area contributed by atoms with Crippen molar-refractivity contribution >= 4 is 34.0 Å². The molecule has 4 aromatic rings. The van der Waals surface area contributed by atoms with E-state index in [0.717, 1.165) is 27.7 Å². The number of amides is 2. The topological polar surface area (TPSA) is 74.2 Å². The van der Waals surface area contributed by atoms with Crippen LogP contribution in [0.2, 0.25) is 0 Å². The smallest absolute Gasteiger partial charge is 0.361 e. The molecule has 0 aliphatic carbocycles. The summed E-state index contributed by atoms with van der Waals surface area (Å²) in [5.41, 5.74) is 1.14. The number of aromatic amines is 1. The maximum atomic E-state index is 12.7. The van der Waals surface area contributed by atoms with Gasteiger partial charge in [0.25, 0.3) is 0 Å². The van der Waals surface area contributed by atoms with Crippen LogP contribution in [0.4, 0.5) is 29.5 Å². The van der Waals surface area contributed by atoms with Crippen LogP contribution in [0.1, 0.15) is 5.56 Å². The largest absolute Gasteiger partial charge is 0.417 e. The number of fused-ring (bicyclic) bond motifs is 2. The van der Waals surface area contributed by atoms with Gasteiger partial charge in [-0.25, -0.2) is 9.31 Å². The fraction of sp³-hybridized carbons (Fsp3) is 0.0588. The van der Waals surface area contributed by atoms with Crippen molar-refractivity contribution in [2.24, 2.45) is 0 Å². The monoisotopic (exact) mass is 359 g/mol. The molecule has 0 aliphatic heterocycles. The van der Waals surface area contributed by atoms with Crippen LogP contribution in [0.25, 0.3) is 16.4 Å². The highest BCUT2D eigenvalue weighted by Gasteiger charge is 2.31. The van der Waals surface area contributed by atoms with Gasteiger partial charge in [0.05, 0.1) is 11.1 Å². The van der Waals surface area contributed by atoms with Crippen molar-refractivity contribution in [2.75, 3.05) is 10.6 Å². The summed E-state index contributed by atoms with van der Waals surface area (Å²) in [6.45, 7) is 0. The molecule has 3 heterocycles. The van der Waals surface area contributed by atoms with Crippen LogP contribution in [-0.4, -0.2) is 20.6 Å². The molecule has 0 radical (unpaired) electrons. The van der Waals surface area contributed by atoms with Gasteiger partial charge < -0.3 is 10.3 Å². The molecule has 9 heteroatoms. The second-order valence-electron chi connectivity index (χ2n) is 5.67. The van der Waals surface area contributed by atoms with E-state index < -0.39 is 17.8 Å². The molecule has 0 bridgehead atoms. The van der Waals surface area contributed by atoms with Crippen LogP contribution >= 0.6 is 0 Å². The highest BCUT2D eigenvalue weighted by atomic mass is 19.4. The van der Waals surface area contributed by atoms with Crippen LogP contribution in [0.3, 0.4) is 0 Å². The molecule has 0 unspecified atom stereocenters. The highest BCUT2D eigenvalue weighted by Crippen LogP contribution is 2.29. The Bertz CT molecular complexity index is 1110. The number of nitrogens with one attached hydrogen (secondary N) is 3. The second kappa shape index (κ2) is 5.80. The number of halogens is 3. The van der Waals surface area contributed by atoms with Crippen molar-refractivity contribution in [2.45, 2.75) is 6.18 Å². The quantitative estimate of drug-likeness (QED) is 0.494. The molecule has 0 aliphatic rings. The first-order chi connectivity index (χ1) is 12.4. The van der Waals surface area contributed by atoms with Crippen LogP contribution in [0.5, 0.6) is 0 Å². The zero-order valence-electron chi connectivity index (χ0n) is 13.1. The molecule has 2 amide bonds. The Labute approximate surface area is 144 Å². The molecule has 26 heavy (non-hydrogen) atoms. The molecule has 4 rings (SSSR count). The third-order valence-corrected chi connectivity index (χ3v) is 3.84. The first-order valence-electron chi connectivity index (χ1n) is 7.60. The molecular weight excluding hydrogens is 347 g/mol. The first kappa shape index (κ1) is 16.0. The van der Waals surface area contributed by atoms with Gasteiger partial charge in [-0.2, -0.15) is 13.2 Å². The van der Waals surface area contributed by atoms with Crippen LogP contribution in [0.15, 0.2) is 54.9 Å². The normalized spacial score (nSPS) is 11.8. The van der Waals surface area contributed by atoms with E-state index in [1.807, 2.05) is 12.1 Å². The van der Waals surface area contributed by atoms with E-state index >= 15 is 0 Å². The maximum absolute atomic E-state index is 12.7. The summed E-state index contributed by atoms with van der Waals surface area (Å²) in [5.74, 6) is 0.143. The Kier molecular flexibility index (Phi) is 3.57. The first-order valence-corrected chi connectivity index (χ1v) is 7.60. The number of carbonyl (C=O) groups excluding carboxylic acids is 1. The third-order valence-electron chi connectivity index (χ3n) is 3.84. The fourth-order valence-electron chi connectivity index (χ4n) is 2.63. The van der Waals surface area contributed by atoms with Gasteiger partial charge in [0.1, 0.15) is 0 Å². The van der Waals surface area contributed by atoms with Gasteiger partial charge in [-0.3, -0.25) is 5.32 Å². The van der Waals surface area contributed by atoms with E-state index in [1.165, 1.54) is 12.1 Å². The Balaban J connectivity index is 1.51. The Morgan fingerprint density at radius 3 is 2.73 bits per heavy atom. The van der Waals surface area contributed by atoms with E-state index in [9.17, 15) is 18.0 Å². The van der Waals surface area contributed by atoms with Crippen molar-refractivity contribution < 1.29 is 18.0 Å². The standard InChI is InChI=1S/C17H12F3N5O/c18-17(19,20)11-1-3-13-8-15(24-25(13)9-11)23-16(26)22-12-2-4-14-10(7-12)5-6-21-14/h1-9,21H,(H2,22,23,24,26). The zero-order valence-corrected chi connectivity index (χ0v) is 13.1. The van der Waals surface area contributed by atoms with Gasteiger partial charge in [0.2, 0.25) is 0 Å². The number of hydrogen-bond acceptors (Lipinski definition) is 2. The molecule has 3 aromatic heterocycles.